The van der Waals surface area contributed by atoms with Crippen LogP contribution in [0.1, 0.15) is 24.8 Å². The maximum atomic E-state index is 13.2. The van der Waals surface area contributed by atoms with Gasteiger partial charge in [-0.25, -0.2) is 4.39 Å². The van der Waals surface area contributed by atoms with Gasteiger partial charge in [0, 0.05) is 38.0 Å². The van der Waals surface area contributed by atoms with E-state index >= 15 is 0 Å². The van der Waals surface area contributed by atoms with Gasteiger partial charge in [-0.1, -0.05) is 17.7 Å². The van der Waals surface area contributed by atoms with Gasteiger partial charge in [0.1, 0.15) is 5.82 Å². The molecule has 0 aliphatic carbocycles. The molecule has 2 aromatic rings. The third kappa shape index (κ3) is 5.44. The number of nitrogens with one attached hydrogen (secondary N) is 1. The molecule has 1 aliphatic heterocycles. The van der Waals surface area contributed by atoms with Gasteiger partial charge in [0.25, 0.3) is 0 Å². The minimum atomic E-state index is -0.449. The summed E-state index contributed by atoms with van der Waals surface area (Å²) in [5, 5.41) is 2.98. The molecule has 2 aromatic carbocycles. The van der Waals surface area contributed by atoms with E-state index in [2.05, 4.69) is 10.2 Å². The highest BCUT2D eigenvalue weighted by Crippen LogP contribution is 2.23. The number of ether oxygens (including phenoxy) is 1. The van der Waals surface area contributed by atoms with Crippen LogP contribution in [0.2, 0.25) is 5.02 Å². The molecule has 0 bridgehead atoms. The largest absolute Gasteiger partial charge is 0.380 e. The second-order valence-corrected chi connectivity index (χ2v) is 7.20. The van der Waals surface area contributed by atoms with Crippen LogP contribution in [0.5, 0.6) is 0 Å². The van der Waals surface area contributed by atoms with Gasteiger partial charge >= 0.3 is 0 Å². The zero-order chi connectivity index (χ0) is 19.2. The number of anilines is 2. The number of aryl methyl sites for hydroxylation is 1. The van der Waals surface area contributed by atoms with E-state index in [1.54, 1.807) is 19.2 Å². The number of nitrogens with zero attached hydrogens (tertiary/aromatic N) is 1. The fourth-order valence-corrected chi connectivity index (χ4v) is 3.50. The average Bonchev–Trinajstić information content (AvgIpc) is 2.69. The van der Waals surface area contributed by atoms with Gasteiger partial charge in [-0.2, -0.15) is 0 Å². The molecule has 4 nitrogen and oxygen atoms in total. The molecule has 1 atom stereocenters. The highest BCUT2D eigenvalue weighted by molar-refractivity contribution is 6.30. The van der Waals surface area contributed by atoms with Crippen LogP contribution in [0.3, 0.4) is 0 Å². The molecule has 144 valence electrons. The van der Waals surface area contributed by atoms with Crippen molar-refractivity contribution in [2.75, 3.05) is 30.4 Å². The first-order valence-electron chi connectivity index (χ1n) is 9.17. The second-order valence-electron chi connectivity index (χ2n) is 6.79. The summed E-state index contributed by atoms with van der Waals surface area (Å²) < 4.78 is 18.6. The maximum absolute atomic E-state index is 13.2. The molecule has 27 heavy (non-hydrogen) atoms. The molecule has 1 aliphatic rings. The number of carbonyl (C=O) groups excluding carboxylic acids is 1. The Balaban J connectivity index is 1.51. The highest BCUT2D eigenvalue weighted by atomic mass is 35.5. The monoisotopic (exact) mass is 390 g/mol. The highest BCUT2D eigenvalue weighted by Gasteiger charge is 2.19. The Hall–Kier alpha value is -2.11. The van der Waals surface area contributed by atoms with Crippen molar-refractivity contribution in [3.63, 3.8) is 0 Å². The minimum absolute atomic E-state index is 0.0805. The van der Waals surface area contributed by atoms with Gasteiger partial charge in [-0.05, 0) is 61.2 Å². The molecule has 0 aromatic heterocycles. The van der Waals surface area contributed by atoms with Gasteiger partial charge in [0.15, 0.2) is 0 Å². The summed E-state index contributed by atoms with van der Waals surface area (Å²) in [5.41, 5.74) is 2.74. The van der Waals surface area contributed by atoms with Crippen molar-refractivity contribution in [3.8, 4) is 0 Å². The standard InChI is InChI=1S/C21H24ClFN2O2/c1-27-18-3-2-12-25(14-18)17-8-6-16(7-9-17)24-21(26)11-5-15-4-10-20(23)19(22)13-15/h4,6-10,13,18H,2-3,5,11-12,14H2,1H3,(H,24,26). The third-order valence-electron chi connectivity index (χ3n) is 4.85. The van der Waals surface area contributed by atoms with E-state index in [9.17, 15) is 9.18 Å². The molecule has 1 heterocycles. The van der Waals surface area contributed by atoms with Crippen molar-refractivity contribution >= 4 is 28.9 Å². The number of piperidine rings is 1. The SMILES string of the molecule is COC1CCCN(c2ccc(NC(=O)CCc3ccc(F)c(Cl)c3)cc2)C1. The van der Waals surface area contributed by atoms with Crippen LogP contribution in [0.15, 0.2) is 42.5 Å². The number of rotatable bonds is 6. The summed E-state index contributed by atoms with van der Waals surface area (Å²) in [6, 6.07) is 12.4. The Morgan fingerprint density at radius 3 is 2.78 bits per heavy atom. The average molecular weight is 391 g/mol. The summed E-state index contributed by atoms with van der Waals surface area (Å²) in [6.45, 7) is 1.91. The van der Waals surface area contributed by atoms with Gasteiger partial charge < -0.3 is 15.0 Å². The van der Waals surface area contributed by atoms with Crippen molar-refractivity contribution in [2.45, 2.75) is 31.8 Å². The Morgan fingerprint density at radius 1 is 1.30 bits per heavy atom. The van der Waals surface area contributed by atoms with Crippen LogP contribution in [-0.2, 0) is 16.0 Å². The van der Waals surface area contributed by atoms with E-state index in [0.717, 1.165) is 42.9 Å². The number of carbonyl (C=O) groups is 1. The Kier molecular flexibility index (Phi) is 6.69. The topological polar surface area (TPSA) is 41.6 Å². The van der Waals surface area contributed by atoms with Crippen LogP contribution in [0.4, 0.5) is 15.8 Å². The molecule has 1 unspecified atom stereocenters. The Morgan fingerprint density at radius 2 is 2.07 bits per heavy atom. The molecule has 6 heteroatoms. The summed E-state index contributed by atoms with van der Waals surface area (Å²) in [4.78, 5) is 14.5. The molecule has 0 radical (unpaired) electrons. The van der Waals surface area contributed by atoms with Crippen molar-refractivity contribution in [1.82, 2.24) is 0 Å². The molecular formula is C21H24ClFN2O2. The molecule has 1 saturated heterocycles. The van der Waals surface area contributed by atoms with Gasteiger partial charge in [0.2, 0.25) is 5.91 Å². The Labute approximate surface area is 164 Å². The normalized spacial score (nSPS) is 17.0. The Bertz CT molecular complexity index is 782. The second kappa shape index (κ2) is 9.20. The first-order chi connectivity index (χ1) is 13.0. The number of benzene rings is 2. The molecule has 1 N–H and O–H groups in total. The van der Waals surface area contributed by atoms with Crippen LogP contribution in [-0.4, -0.2) is 32.2 Å². The van der Waals surface area contributed by atoms with Crippen LogP contribution in [0, 0.1) is 5.82 Å². The summed E-state index contributed by atoms with van der Waals surface area (Å²) in [7, 11) is 1.76. The van der Waals surface area contributed by atoms with Crippen molar-refractivity contribution < 1.29 is 13.9 Å². The number of methoxy groups -OCH3 is 1. The molecule has 1 amide bonds. The van der Waals surface area contributed by atoms with Crippen LogP contribution < -0.4 is 10.2 Å². The minimum Gasteiger partial charge on any atom is -0.380 e. The van der Waals surface area contributed by atoms with Crippen molar-refractivity contribution in [3.05, 3.63) is 58.9 Å². The summed E-state index contributed by atoms with van der Waals surface area (Å²) in [6.07, 6.45) is 3.31. The predicted octanol–water partition coefficient (Wildman–Crippen LogP) is 4.67. The lowest BCUT2D eigenvalue weighted by atomic mass is 10.1. The third-order valence-corrected chi connectivity index (χ3v) is 5.14. The lowest BCUT2D eigenvalue weighted by Crippen LogP contribution is -2.39. The number of hydrogen-bond acceptors (Lipinski definition) is 3. The van der Waals surface area contributed by atoms with Gasteiger partial charge in [0.05, 0.1) is 11.1 Å². The number of halogens is 2. The number of hydrogen-bond donors (Lipinski definition) is 1. The van der Waals surface area contributed by atoms with Crippen LogP contribution in [0.25, 0.3) is 0 Å². The first kappa shape index (κ1) is 19.6. The van der Waals surface area contributed by atoms with Gasteiger partial charge in [-0.15, -0.1) is 0 Å². The maximum Gasteiger partial charge on any atom is 0.224 e. The smallest absolute Gasteiger partial charge is 0.224 e. The molecule has 3 rings (SSSR count). The summed E-state index contributed by atoms with van der Waals surface area (Å²) >= 11 is 5.77. The summed E-state index contributed by atoms with van der Waals surface area (Å²) in [5.74, 6) is -0.531. The fourth-order valence-electron chi connectivity index (χ4n) is 3.30. The fraction of sp³-hybridized carbons (Fsp3) is 0.381. The van der Waals surface area contributed by atoms with Crippen molar-refractivity contribution in [1.29, 1.82) is 0 Å². The van der Waals surface area contributed by atoms with E-state index < -0.39 is 5.82 Å². The zero-order valence-corrected chi connectivity index (χ0v) is 16.1. The van der Waals surface area contributed by atoms with E-state index in [-0.39, 0.29) is 17.0 Å². The molecular weight excluding hydrogens is 367 g/mol. The van der Waals surface area contributed by atoms with Crippen molar-refractivity contribution in [2.24, 2.45) is 0 Å². The zero-order valence-electron chi connectivity index (χ0n) is 15.4. The molecule has 0 spiro atoms. The first-order valence-corrected chi connectivity index (χ1v) is 9.54. The van der Waals surface area contributed by atoms with Crippen LogP contribution >= 0.6 is 11.6 Å². The predicted molar refractivity (Wildman–Crippen MR) is 107 cm³/mol. The lowest BCUT2D eigenvalue weighted by Gasteiger charge is -2.33. The van der Waals surface area contributed by atoms with Gasteiger partial charge in [-0.3, -0.25) is 4.79 Å². The lowest BCUT2D eigenvalue weighted by molar-refractivity contribution is -0.116. The number of amides is 1. The molecule has 0 saturated carbocycles. The molecule has 1 fully saturated rings. The quantitative estimate of drug-likeness (QED) is 0.779. The van der Waals surface area contributed by atoms with E-state index in [1.807, 2.05) is 24.3 Å². The van der Waals surface area contributed by atoms with E-state index in [0.29, 0.717) is 12.8 Å². The van der Waals surface area contributed by atoms with E-state index in [1.165, 1.54) is 6.07 Å². The van der Waals surface area contributed by atoms with E-state index in [4.69, 9.17) is 16.3 Å².